The Balaban J connectivity index is 2.28. The quantitative estimate of drug-likeness (QED) is 0.422. The highest BCUT2D eigenvalue weighted by Crippen LogP contribution is 2.17. The third kappa shape index (κ3) is 2.45. The lowest BCUT2D eigenvalue weighted by Gasteiger charge is -1.99. The van der Waals surface area contributed by atoms with Gasteiger partial charge in [-0.05, 0) is 19.1 Å². The fourth-order valence-corrected chi connectivity index (χ4v) is 1.33. The van der Waals surface area contributed by atoms with Crippen LogP contribution in [0, 0.1) is 12.1 Å². The van der Waals surface area contributed by atoms with Crippen LogP contribution < -0.4 is 0 Å². The average molecular weight is 212 g/mol. The first-order valence-electron chi connectivity index (χ1n) is 5.06. The van der Waals surface area contributed by atoms with Crippen molar-refractivity contribution in [1.82, 2.24) is 0 Å². The summed E-state index contributed by atoms with van der Waals surface area (Å²) in [5.74, 6) is 0. The van der Waals surface area contributed by atoms with E-state index in [-0.39, 0.29) is 0 Å². The van der Waals surface area contributed by atoms with Crippen molar-refractivity contribution in [2.75, 3.05) is 0 Å². The molecule has 0 saturated carbocycles. The summed E-state index contributed by atoms with van der Waals surface area (Å²) in [7, 11) is 0. The standard InChI is InChI=1S/C13H12N2O/c1-11-7-9-12(10-8-11)14-15(16)13-5-3-2-4-6-13/h2-10H,1H3. The second-order valence-electron chi connectivity index (χ2n) is 3.54. The lowest BCUT2D eigenvalue weighted by atomic mass is 10.2. The van der Waals surface area contributed by atoms with Gasteiger partial charge in [0.05, 0.1) is 0 Å². The maximum atomic E-state index is 11.6. The highest BCUT2D eigenvalue weighted by molar-refractivity contribution is 5.37. The zero-order valence-electron chi connectivity index (χ0n) is 9.00. The molecule has 0 unspecified atom stereocenters. The molecule has 0 saturated heterocycles. The summed E-state index contributed by atoms with van der Waals surface area (Å²) in [5, 5.41) is 15.6. The van der Waals surface area contributed by atoms with Gasteiger partial charge in [0.15, 0.2) is 0 Å². The number of azo groups is 1. The number of rotatable bonds is 2. The van der Waals surface area contributed by atoms with E-state index in [2.05, 4.69) is 5.11 Å². The van der Waals surface area contributed by atoms with Crippen LogP contribution >= 0.6 is 0 Å². The van der Waals surface area contributed by atoms with Crippen molar-refractivity contribution in [2.45, 2.75) is 6.92 Å². The molecule has 0 radical (unpaired) electrons. The molecule has 3 heteroatoms. The maximum Gasteiger partial charge on any atom is 0.244 e. The van der Waals surface area contributed by atoms with E-state index in [1.807, 2.05) is 49.4 Å². The first kappa shape index (κ1) is 10.4. The summed E-state index contributed by atoms with van der Waals surface area (Å²) in [6, 6.07) is 16.4. The summed E-state index contributed by atoms with van der Waals surface area (Å²) in [5.41, 5.74) is 2.34. The monoisotopic (exact) mass is 212 g/mol. The van der Waals surface area contributed by atoms with Crippen molar-refractivity contribution >= 4 is 11.4 Å². The van der Waals surface area contributed by atoms with Crippen molar-refractivity contribution in [1.29, 1.82) is 0 Å². The SMILES string of the molecule is Cc1ccc(N=[N+]([O-])c2ccccc2)cc1. The number of para-hydroxylation sites is 1. The average Bonchev–Trinajstić information content (AvgIpc) is 2.33. The molecular weight excluding hydrogens is 200 g/mol. The van der Waals surface area contributed by atoms with Gasteiger partial charge in [0.1, 0.15) is 5.69 Å². The summed E-state index contributed by atoms with van der Waals surface area (Å²) >= 11 is 0. The maximum absolute atomic E-state index is 11.6. The molecule has 16 heavy (non-hydrogen) atoms. The molecule has 0 amide bonds. The van der Waals surface area contributed by atoms with Crippen LogP contribution in [-0.2, 0) is 0 Å². The Kier molecular flexibility index (Phi) is 2.96. The highest BCUT2D eigenvalue weighted by Gasteiger charge is 2.01. The second kappa shape index (κ2) is 4.57. The van der Waals surface area contributed by atoms with Crippen LogP contribution in [0.5, 0.6) is 0 Å². The molecule has 2 aromatic carbocycles. The van der Waals surface area contributed by atoms with Gasteiger partial charge in [-0.3, -0.25) is 0 Å². The molecular formula is C13H12N2O. The van der Waals surface area contributed by atoms with Gasteiger partial charge in [0.25, 0.3) is 0 Å². The lowest BCUT2D eigenvalue weighted by molar-refractivity contribution is -0.435. The Bertz CT molecular complexity index is 489. The largest absolute Gasteiger partial charge is 0.594 e. The number of aryl methyl sites for hydroxylation is 1. The first-order valence-corrected chi connectivity index (χ1v) is 5.06. The minimum atomic E-state index is 0.531. The van der Waals surface area contributed by atoms with Gasteiger partial charge in [-0.2, -0.15) is 0 Å². The molecule has 0 atom stereocenters. The molecule has 3 nitrogen and oxygen atoms in total. The normalized spacial score (nSPS) is 11.4. The Morgan fingerprint density at radius 2 is 1.56 bits per heavy atom. The number of hydrogen-bond donors (Lipinski definition) is 0. The Hall–Kier alpha value is -2.16. The van der Waals surface area contributed by atoms with E-state index in [1.165, 1.54) is 0 Å². The molecule has 0 bridgehead atoms. The molecule has 0 heterocycles. The molecule has 2 aromatic rings. The minimum absolute atomic E-state index is 0.531. The van der Waals surface area contributed by atoms with Crippen molar-refractivity contribution in [3.8, 4) is 0 Å². The molecule has 80 valence electrons. The summed E-state index contributed by atoms with van der Waals surface area (Å²) in [6.07, 6.45) is 0. The Labute approximate surface area is 94.3 Å². The molecule has 0 aliphatic rings. The zero-order valence-corrected chi connectivity index (χ0v) is 9.00. The van der Waals surface area contributed by atoms with E-state index in [0.29, 0.717) is 16.2 Å². The van der Waals surface area contributed by atoms with Crippen molar-refractivity contribution in [3.63, 3.8) is 0 Å². The van der Waals surface area contributed by atoms with E-state index in [1.54, 1.807) is 12.1 Å². The van der Waals surface area contributed by atoms with Gasteiger partial charge >= 0.3 is 0 Å². The van der Waals surface area contributed by atoms with Crippen LogP contribution in [0.2, 0.25) is 0 Å². The van der Waals surface area contributed by atoms with E-state index >= 15 is 0 Å². The minimum Gasteiger partial charge on any atom is -0.594 e. The molecule has 0 spiro atoms. The van der Waals surface area contributed by atoms with E-state index in [4.69, 9.17) is 0 Å². The van der Waals surface area contributed by atoms with E-state index in [0.717, 1.165) is 5.56 Å². The third-order valence-electron chi connectivity index (χ3n) is 2.22. The van der Waals surface area contributed by atoms with Crippen LogP contribution in [0.4, 0.5) is 11.4 Å². The molecule has 0 fully saturated rings. The highest BCUT2D eigenvalue weighted by atomic mass is 16.5. The number of benzene rings is 2. The molecule has 0 aliphatic heterocycles. The van der Waals surface area contributed by atoms with E-state index in [9.17, 15) is 5.21 Å². The van der Waals surface area contributed by atoms with Crippen molar-refractivity contribution in [2.24, 2.45) is 5.11 Å². The third-order valence-corrected chi connectivity index (χ3v) is 2.22. The van der Waals surface area contributed by atoms with Gasteiger partial charge in [-0.25, -0.2) is 0 Å². The fourth-order valence-electron chi connectivity index (χ4n) is 1.33. The van der Waals surface area contributed by atoms with Crippen molar-refractivity contribution in [3.05, 3.63) is 65.4 Å². The second-order valence-corrected chi connectivity index (χ2v) is 3.54. The molecule has 0 aliphatic carbocycles. The fraction of sp³-hybridized carbons (Fsp3) is 0.0769. The van der Waals surface area contributed by atoms with Gasteiger partial charge in [-0.15, -0.1) is 0 Å². The topological polar surface area (TPSA) is 38.4 Å². The van der Waals surface area contributed by atoms with Crippen LogP contribution in [0.15, 0.2) is 59.7 Å². The first-order chi connectivity index (χ1) is 7.75. The predicted molar refractivity (Wildman–Crippen MR) is 63.0 cm³/mol. The Morgan fingerprint density at radius 3 is 2.19 bits per heavy atom. The van der Waals surface area contributed by atoms with Crippen LogP contribution in [0.3, 0.4) is 0 Å². The smallest absolute Gasteiger partial charge is 0.244 e. The van der Waals surface area contributed by atoms with Gasteiger partial charge < -0.3 is 5.21 Å². The molecule has 0 N–H and O–H groups in total. The van der Waals surface area contributed by atoms with Crippen LogP contribution in [0.25, 0.3) is 0 Å². The number of hydrogen-bond acceptors (Lipinski definition) is 2. The van der Waals surface area contributed by atoms with Gasteiger partial charge in [0.2, 0.25) is 5.69 Å². The Morgan fingerprint density at radius 1 is 0.938 bits per heavy atom. The van der Waals surface area contributed by atoms with Crippen molar-refractivity contribution < 1.29 is 4.86 Å². The van der Waals surface area contributed by atoms with Crippen LogP contribution in [-0.4, -0.2) is 4.86 Å². The summed E-state index contributed by atoms with van der Waals surface area (Å²) in [4.78, 5) is 0.630. The molecule has 0 aromatic heterocycles. The van der Waals surface area contributed by atoms with E-state index < -0.39 is 0 Å². The summed E-state index contributed by atoms with van der Waals surface area (Å²) < 4.78 is 0. The predicted octanol–water partition coefficient (Wildman–Crippen LogP) is 3.92. The lowest BCUT2D eigenvalue weighted by Crippen LogP contribution is -1.89. The van der Waals surface area contributed by atoms with Gasteiger partial charge in [0, 0.05) is 17.2 Å². The summed E-state index contributed by atoms with van der Waals surface area (Å²) in [6.45, 7) is 2.00. The van der Waals surface area contributed by atoms with Crippen LogP contribution in [0.1, 0.15) is 5.56 Å². The van der Waals surface area contributed by atoms with Gasteiger partial charge in [-0.1, -0.05) is 40.8 Å². The molecule has 2 rings (SSSR count). The number of nitrogens with zero attached hydrogens (tertiary/aromatic N) is 2. The zero-order chi connectivity index (χ0) is 11.4.